The van der Waals surface area contributed by atoms with Gasteiger partial charge in [0.05, 0.1) is 6.61 Å². The highest BCUT2D eigenvalue weighted by Gasteiger charge is 2.06. The van der Waals surface area contributed by atoms with Crippen molar-refractivity contribution in [3.05, 3.63) is 23.8 Å². The van der Waals surface area contributed by atoms with Gasteiger partial charge in [-0.15, -0.1) is 0 Å². The first kappa shape index (κ1) is 13.0. The normalized spacial score (nSPS) is 12.7. The molecule has 0 fully saturated rings. The van der Waals surface area contributed by atoms with Crippen molar-refractivity contribution in [2.75, 3.05) is 27.4 Å². The van der Waals surface area contributed by atoms with E-state index < -0.39 is 0 Å². The zero-order chi connectivity index (χ0) is 11.8. The van der Waals surface area contributed by atoms with Crippen LogP contribution in [0.25, 0.3) is 0 Å². The zero-order valence-electron chi connectivity index (χ0n) is 10.1. The number of nitrogens with one attached hydrogen (secondary N) is 1. The molecule has 0 saturated carbocycles. The summed E-state index contributed by atoms with van der Waals surface area (Å²) < 4.78 is 10.1. The number of nitrogens with zero attached hydrogens (tertiary/aromatic N) is 2. The largest absolute Gasteiger partial charge is 0.383 e. The lowest BCUT2D eigenvalue weighted by atomic mass is 10.3. The van der Waals surface area contributed by atoms with Gasteiger partial charge in [-0.3, -0.25) is 0 Å². The lowest BCUT2D eigenvalue weighted by Gasteiger charge is -2.08. The summed E-state index contributed by atoms with van der Waals surface area (Å²) in [5.74, 6) is 0.711. The van der Waals surface area contributed by atoms with Gasteiger partial charge in [0, 0.05) is 45.3 Å². The average Bonchev–Trinajstić information content (AvgIpc) is 2.34. The molecule has 1 unspecified atom stereocenters. The van der Waals surface area contributed by atoms with E-state index in [4.69, 9.17) is 9.47 Å². The molecule has 1 aromatic heterocycles. The van der Waals surface area contributed by atoms with E-state index in [1.807, 2.05) is 19.3 Å². The van der Waals surface area contributed by atoms with Crippen molar-refractivity contribution in [1.29, 1.82) is 0 Å². The van der Waals surface area contributed by atoms with Crippen LogP contribution < -0.4 is 5.32 Å². The molecule has 0 amide bonds. The third-order valence-electron chi connectivity index (χ3n) is 2.25. The Kier molecular flexibility index (Phi) is 5.92. The lowest BCUT2D eigenvalue weighted by molar-refractivity contribution is 0.112. The first-order chi connectivity index (χ1) is 7.77. The molecule has 5 heteroatoms. The van der Waals surface area contributed by atoms with Crippen molar-refractivity contribution >= 4 is 0 Å². The van der Waals surface area contributed by atoms with Gasteiger partial charge in [-0.2, -0.15) is 0 Å². The maximum absolute atomic E-state index is 5.13. The Hall–Kier alpha value is -1.04. The van der Waals surface area contributed by atoms with Crippen molar-refractivity contribution in [3.63, 3.8) is 0 Å². The molecule has 1 aromatic rings. The Morgan fingerprint density at radius 2 is 2.00 bits per heavy atom. The molecule has 0 aliphatic heterocycles. The predicted molar refractivity (Wildman–Crippen MR) is 61.0 cm³/mol. The van der Waals surface area contributed by atoms with Crippen LogP contribution >= 0.6 is 0 Å². The van der Waals surface area contributed by atoms with Crippen LogP contribution in [-0.4, -0.2) is 37.3 Å². The SMILES string of the molecule is COCCNCc1cnc(C(C)OC)nc1. The van der Waals surface area contributed by atoms with Crippen molar-refractivity contribution in [2.45, 2.75) is 19.6 Å². The maximum atomic E-state index is 5.13. The molecule has 0 aliphatic carbocycles. The Morgan fingerprint density at radius 1 is 1.31 bits per heavy atom. The van der Waals surface area contributed by atoms with E-state index in [2.05, 4.69) is 15.3 Å². The van der Waals surface area contributed by atoms with Crippen molar-refractivity contribution in [1.82, 2.24) is 15.3 Å². The van der Waals surface area contributed by atoms with Crippen LogP contribution in [-0.2, 0) is 16.0 Å². The number of hydrogen-bond acceptors (Lipinski definition) is 5. The minimum absolute atomic E-state index is 0.0597. The Morgan fingerprint density at radius 3 is 2.56 bits per heavy atom. The maximum Gasteiger partial charge on any atom is 0.156 e. The first-order valence-electron chi connectivity index (χ1n) is 5.31. The summed E-state index contributed by atoms with van der Waals surface area (Å²) in [6.07, 6.45) is 3.57. The van der Waals surface area contributed by atoms with Crippen molar-refractivity contribution < 1.29 is 9.47 Å². The lowest BCUT2D eigenvalue weighted by Crippen LogP contribution is -2.19. The quantitative estimate of drug-likeness (QED) is 0.699. The molecular formula is C11H19N3O2. The van der Waals surface area contributed by atoms with E-state index in [9.17, 15) is 0 Å². The Labute approximate surface area is 96.2 Å². The topological polar surface area (TPSA) is 56.3 Å². The highest BCUT2D eigenvalue weighted by Crippen LogP contribution is 2.09. The molecule has 1 atom stereocenters. The van der Waals surface area contributed by atoms with Gasteiger partial charge in [0.15, 0.2) is 5.82 Å². The molecular weight excluding hydrogens is 206 g/mol. The molecule has 90 valence electrons. The van der Waals surface area contributed by atoms with Gasteiger partial charge in [-0.25, -0.2) is 9.97 Å². The molecule has 5 nitrogen and oxygen atoms in total. The Bertz CT molecular complexity index is 290. The molecule has 0 aromatic carbocycles. The van der Waals surface area contributed by atoms with Crippen molar-refractivity contribution in [2.24, 2.45) is 0 Å². The molecule has 0 radical (unpaired) electrons. The van der Waals surface area contributed by atoms with Crippen LogP contribution in [0.5, 0.6) is 0 Å². The van der Waals surface area contributed by atoms with Gasteiger partial charge in [0.1, 0.15) is 6.10 Å². The number of hydrogen-bond donors (Lipinski definition) is 1. The predicted octanol–water partition coefficient (Wildman–Crippen LogP) is 0.920. The minimum Gasteiger partial charge on any atom is -0.383 e. The van der Waals surface area contributed by atoms with Gasteiger partial charge < -0.3 is 14.8 Å². The van der Waals surface area contributed by atoms with E-state index in [0.29, 0.717) is 12.4 Å². The number of rotatable bonds is 7. The smallest absolute Gasteiger partial charge is 0.156 e. The summed E-state index contributed by atoms with van der Waals surface area (Å²) in [6.45, 7) is 4.21. The third kappa shape index (κ3) is 4.22. The van der Waals surface area contributed by atoms with Gasteiger partial charge >= 0.3 is 0 Å². The van der Waals surface area contributed by atoms with Gasteiger partial charge in [-0.1, -0.05) is 0 Å². The molecule has 1 N–H and O–H groups in total. The fourth-order valence-electron chi connectivity index (χ4n) is 1.18. The van der Waals surface area contributed by atoms with E-state index in [-0.39, 0.29) is 6.10 Å². The molecule has 1 heterocycles. The molecule has 0 bridgehead atoms. The van der Waals surface area contributed by atoms with Gasteiger partial charge in [0.2, 0.25) is 0 Å². The van der Waals surface area contributed by atoms with Crippen LogP contribution in [0.2, 0.25) is 0 Å². The van der Waals surface area contributed by atoms with Crippen LogP contribution in [0.4, 0.5) is 0 Å². The van der Waals surface area contributed by atoms with E-state index >= 15 is 0 Å². The summed E-state index contributed by atoms with van der Waals surface area (Å²) in [7, 11) is 3.33. The number of ether oxygens (including phenoxy) is 2. The molecule has 16 heavy (non-hydrogen) atoms. The van der Waals surface area contributed by atoms with E-state index in [1.165, 1.54) is 0 Å². The molecule has 0 saturated heterocycles. The minimum atomic E-state index is -0.0597. The molecule has 0 spiro atoms. The van der Waals surface area contributed by atoms with Crippen LogP contribution in [0.1, 0.15) is 24.4 Å². The second-order valence-corrected chi connectivity index (χ2v) is 3.50. The van der Waals surface area contributed by atoms with Crippen LogP contribution in [0, 0.1) is 0 Å². The molecule has 0 aliphatic rings. The van der Waals surface area contributed by atoms with Gasteiger partial charge in [0.25, 0.3) is 0 Å². The second kappa shape index (κ2) is 7.27. The number of aromatic nitrogens is 2. The highest BCUT2D eigenvalue weighted by molar-refractivity contribution is 5.05. The van der Waals surface area contributed by atoms with E-state index in [0.717, 1.165) is 18.7 Å². The monoisotopic (exact) mass is 225 g/mol. The van der Waals surface area contributed by atoms with Crippen LogP contribution in [0.15, 0.2) is 12.4 Å². The average molecular weight is 225 g/mol. The summed E-state index contributed by atoms with van der Waals surface area (Å²) in [6, 6.07) is 0. The second-order valence-electron chi connectivity index (χ2n) is 3.50. The van der Waals surface area contributed by atoms with Crippen molar-refractivity contribution in [3.8, 4) is 0 Å². The summed E-state index contributed by atoms with van der Waals surface area (Å²) in [4.78, 5) is 8.48. The van der Waals surface area contributed by atoms with Gasteiger partial charge in [-0.05, 0) is 6.92 Å². The zero-order valence-corrected chi connectivity index (χ0v) is 10.1. The summed E-state index contributed by atoms with van der Waals surface area (Å²) in [5.41, 5.74) is 1.06. The van der Waals surface area contributed by atoms with Crippen LogP contribution in [0.3, 0.4) is 0 Å². The highest BCUT2D eigenvalue weighted by atomic mass is 16.5. The first-order valence-corrected chi connectivity index (χ1v) is 5.31. The number of methoxy groups -OCH3 is 2. The van der Waals surface area contributed by atoms with E-state index in [1.54, 1.807) is 14.2 Å². The standard InChI is InChI=1S/C11H19N3O2/c1-9(16-3)11-13-7-10(8-14-11)6-12-4-5-15-2/h7-9,12H,4-6H2,1-3H3. The fourth-order valence-corrected chi connectivity index (χ4v) is 1.18. The third-order valence-corrected chi connectivity index (χ3v) is 2.25. The fraction of sp³-hybridized carbons (Fsp3) is 0.636. The summed E-state index contributed by atoms with van der Waals surface area (Å²) >= 11 is 0. The molecule has 1 rings (SSSR count). The Balaban J connectivity index is 2.39. The summed E-state index contributed by atoms with van der Waals surface area (Å²) in [5, 5.41) is 3.23.